The molecule has 0 radical (unpaired) electrons. The van der Waals surface area contributed by atoms with Crippen LogP contribution in [0.2, 0.25) is 0 Å². The number of fused-ring (bicyclic) bond motifs is 1. The van der Waals surface area contributed by atoms with Gasteiger partial charge in [0, 0.05) is 17.8 Å². The molecule has 0 fully saturated rings. The van der Waals surface area contributed by atoms with Crippen LogP contribution in [-0.2, 0) is 6.54 Å². The van der Waals surface area contributed by atoms with Crippen LogP contribution in [0.25, 0.3) is 10.9 Å². The van der Waals surface area contributed by atoms with E-state index < -0.39 is 0 Å². The van der Waals surface area contributed by atoms with E-state index in [1.54, 1.807) is 18.2 Å². The Balaban J connectivity index is 1.92. The third-order valence-electron chi connectivity index (χ3n) is 3.54. The molecule has 0 spiro atoms. The largest absolute Gasteiger partial charge is 0.351 e. The van der Waals surface area contributed by atoms with Crippen LogP contribution in [0.1, 0.15) is 16.8 Å². The number of aromatic nitrogens is 3. The van der Waals surface area contributed by atoms with Gasteiger partial charge in [-0.3, -0.25) is 14.6 Å². The molecule has 2 aromatic heterocycles. The van der Waals surface area contributed by atoms with Gasteiger partial charge in [0.2, 0.25) is 5.95 Å². The van der Waals surface area contributed by atoms with Gasteiger partial charge in [0.1, 0.15) is 0 Å². The minimum Gasteiger partial charge on any atom is -0.351 e. The number of nitrogens with zero attached hydrogens (tertiary/aromatic N) is 1. The summed E-state index contributed by atoms with van der Waals surface area (Å²) in [5, 5.41) is 3.55. The summed E-state index contributed by atoms with van der Waals surface area (Å²) in [6.07, 6.45) is 0. The maximum atomic E-state index is 12.0. The Morgan fingerprint density at radius 3 is 2.64 bits per heavy atom. The van der Waals surface area contributed by atoms with Crippen molar-refractivity contribution in [1.29, 1.82) is 0 Å². The molecule has 0 unspecified atom stereocenters. The molecule has 0 aliphatic carbocycles. The SMILES string of the molecule is Cc1cc(C)c(CNc2nc3ccccc3c(=O)[nH]2)c(=O)[nH]1. The topological polar surface area (TPSA) is 90.6 Å². The number of hydrogen-bond acceptors (Lipinski definition) is 4. The summed E-state index contributed by atoms with van der Waals surface area (Å²) in [5.74, 6) is 0.350. The van der Waals surface area contributed by atoms with Gasteiger partial charge in [0.15, 0.2) is 0 Å². The highest BCUT2D eigenvalue weighted by Gasteiger charge is 2.07. The maximum Gasteiger partial charge on any atom is 0.260 e. The second-order valence-electron chi connectivity index (χ2n) is 5.23. The van der Waals surface area contributed by atoms with Crippen LogP contribution in [0, 0.1) is 13.8 Å². The summed E-state index contributed by atoms with van der Waals surface area (Å²) in [6, 6.07) is 9.03. The molecule has 3 N–H and O–H groups in total. The Kier molecular flexibility index (Phi) is 3.50. The molecule has 22 heavy (non-hydrogen) atoms. The van der Waals surface area contributed by atoms with Crippen LogP contribution < -0.4 is 16.4 Å². The number of benzene rings is 1. The second kappa shape index (κ2) is 5.48. The molecule has 0 bridgehead atoms. The quantitative estimate of drug-likeness (QED) is 0.688. The number of pyridine rings is 1. The third-order valence-corrected chi connectivity index (χ3v) is 3.54. The Morgan fingerprint density at radius 2 is 1.86 bits per heavy atom. The van der Waals surface area contributed by atoms with Crippen molar-refractivity contribution in [2.24, 2.45) is 0 Å². The fourth-order valence-corrected chi connectivity index (χ4v) is 2.44. The first-order valence-electron chi connectivity index (χ1n) is 6.97. The van der Waals surface area contributed by atoms with Gasteiger partial charge >= 0.3 is 0 Å². The average molecular weight is 296 g/mol. The van der Waals surface area contributed by atoms with E-state index in [-0.39, 0.29) is 11.1 Å². The first-order chi connectivity index (χ1) is 10.5. The number of anilines is 1. The van der Waals surface area contributed by atoms with Crippen molar-refractivity contribution in [3.8, 4) is 0 Å². The van der Waals surface area contributed by atoms with Crippen LogP contribution in [0.4, 0.5) is 5.95 Å². The average Bonchev–Trinajstić information content (AvgIpc) is 2.46. The van der Waals surface area contributed by atoms with Crippen molar-refractivity contribution in [2.45, 2.75) is 20.4 Å². The van der Waals surface area contributed by atoms with Gasteiger partial charge in [0.25, 0.3) is 11.1 Å². The number of hydrogen-bond donors (Lipinski definition) is 3. The number of para-hydroxylation sites is 1. The molecule has 0 saturated heterocycles. The normalized spacial score (nSPS) is 10.8. The van der Waals surface area contributed by atoms with Crippen molar-refractivity contribution < 1.29 is 0 Å². The van der Waals surface area contributed by atoms with E-state index in [1.165, 1.54) is 0 Å². The lowest BCUT2D eigenvalue weighted by Crippen LogP contribution is -2.20. The number of aryl methyl sites for hydroxylation is 2. The fraction of sp³-hybridized carbons (Fsp3) is 0.188. The summed E-state index contributed by atoms with van der Waals surface area (Å²) in [7, 11) is 0. The zero-order chi connectivity index (χ0) is 15.7. The van der Waals surface area contributed by atoms with Crippen molar-refractivity contribution in [2.75, 3.05) is 5.32 Å². The van der Waals surface area contributed by atoms with Crippen LogP contribution in [-0.4, -0.2) is 15.0 Å². The van der Waals surface area contributed by atoms with Crippen molar-refractivity contribution >= 4 is 16.9 Å². The summed E-state index contributed by atoms with van der Waals surface area (Å²) < 4.78 is 0. The Labute approximate surface area is 126 Å². The predicted molar refractivity (Wildman–Crippen MR) is 86.2 cm³/mol. The van der Waals surface area contributed by atoms with E-state index in [4.69, 9.17) is 0 Å². The first kappa shape index (κ1) is 14.1. The lowest BCUT2D eigenvalue weighted by atomic mass is 10.1. The molecule has 0 aliphatic rings. The Hall–Kier alpha value is -2.89. The zero-order valence-electron chi connectivity index (χ0n) is 12.4. The van der Waals surface area contributed by atoms with Gasteiger partial charge in [-0.15, -0.1) is 0 Å². The molecular weight excluding hydrogens is 280 g/mol. The lowest BCUT2D eigenvalue weighted by Gasteiger charge is -2.08. The highest BCUT2D eigenvalue weighted by molar-refractivity contribution is 5.78. The van der Waals surface area contributed by atoms with E-state index in [0.29, 0.717) is 29.0 Å². The summed E-state index contributed by atoms with van der Waals surface area (Å²) >= 11 is 0. The summed E-state index contributed by atoms with van der Waals surface area (Å²) in [4.78, 5) is 33.8. The molecule has 6 nitrogen and oxygen atoms in total. The molecule has 112 valence electrons. The van der Waals surface area contributed by atoms with Gasteiger partial charge in [-0.05, 0) is 37.6 Å². The number of rotatable bonds is 3. The Bertz CT molecular complexity index is 956. The fourth-order valence-electron chi connectivity index (χ4n) is 2.44. The molecule has 0 aliphatic heterocycles. The molecule has 1 aromatic carbocycles. The standard InChI is InChI=1S/C16H16N4O2/c1-9-7-10(2)18-15(22)12(9)8-17-16-19-13-6-4-3-5-11(13)14(21)20-16/h3-7H,8H2,1-2H3,(H,18,22)(H2,17,19,20,21). The second-order valence-corrected chi connectivity index (χ2v) is 5.23. The third kappa shape index (κ3) is 2.63. The van der Waals surface area contributed by atoms with Gasteiger partial charge in [0.05, 0.1) is 10.9 Å². The number of nitrogens with one attached hydrogen (secondary N) is 3. The van der Waals surface area contributed by atoms with Gasteiger partial charge in [-0.25, -0.2) is 4.98 Å². The molecule has 0 atom stereocenters. The van der Waals surface area contributed by atoms with Gasteiger partial charge in [-0.1, -0.05) is 12.1 Å². The molecule has 3 rings (SSSR count). The first-order valence-corrected chi connectivity index (χ1v) is 6.97. The highest BCUT2D eigenvalue weighted by Crippen LogP contribution is 2.09. The molecule has 2 heterocycles. The molecule has 3 aromatic rings. The van der Waals surface area contributed by atoms with Crippen molar-refractivity contribution in [1.82, 2.24) is 15.0 Å². The van der Waals surface area contributed by atoms with E-state index >= 15 is 0 Å². The van der Waals surface area contributed by atoms with E-state index in [0.717, 1.165) is 11.3 Å². The molecule has 6 heteroatoms. The minimum atomic E-state index is -0.206. The lowest BCUT2D eigenvalue weighted by molar-refractivity contribution is 0.988. The number of H-pyrrole nitrogens is 2. The predicted octanol–water partition coefficient (Wildman–Crippen LogP) is 1.84. The van der Waals surface area contributed by atoms with Crippen LogP contribution in [0.3, 0.4) is 0 Å². The summed E-state index contributed by atoms with van der Waals surface area (Å²) in [6.45, 7) is 4.02. The molecular formula is C16H16N4O2. The van der Waals surface area contributed by atoms with Gasteiger partial charge in [-0.2, -0.15) is 0 Å². The van der Waals surface area contributed by atoms with E-state index in [9.17, 15) is 9.59 Å². The zero-order valence-corrected chi connectivity index (χ0v) is 12.4. The number of aromatic amines is 2. The smallest absolute Gasteiger partial charge is 0.260 e. The highest BCUT2D eigenvalue weighted by atomic mass is 16.1. The summed E-state index contributed by atoms with van der Waals surface area (Å²) in [5.41, 5.74) is 2.63. The maximum absolute atomic E-state index is 12.0. The van der Waals surface area contributed by atoms with Crippen molar-refractivity contribution in [3.05, 3.63) is 67.9 Å². The van der Waals surface area contributed by atoms with Crippen LogP contribution >= 0.6 is 0 Å². The Morgan fingerprint density at radius 1 is 1.09 bits per heavy atom. The molecule has 0 saturated carbocycles. The van der Waals surface area contributed by atoms with Crippen molar-refractivity contribution in [3.63, 3.8) is 0 Å². The van der Waals surface area contributed by atoms with Crippen LogP contribution in [0.15, 0.2) is 39.9 Å². The van der Waals surface area contributed by atoms with E-state index in [1.807, 2.05) is 26.0 Å². The van der Waals surface area contributed by atoms with Crippen LogP contribution in [0.5, 0.6) is 0 Å². The minimum absolute atomic E-state index is 0.131. The monoisotopic (exact) mass is 296 g/mol. The van der Waals surface area contributed by atoms with Gasteiger partial charge < -0.3 is 10.3 Å². The molecule has 0 amide bonds. The van der Waals surface area contributed by atoms with E-state index in [2.05, 4.69) is 20.3 Å².